The Bertz CT molecular complexity index is 464. The van der Waals surface area contributed by atoms with Gasteiger partial charge in [0.05, 0.1) is 23.5 Å². The lowest BCUT2D eigenvalue weighted by molar-refractivity contribution is -0.385. The van der Waals surface area contributed by atoms with Gasteiger partial charge in [0, 0.05) is 17.0 Å². The lowest BCUT2D eigenvalue weighted by atomic mass is 10.1. The first-order valence-electron chi connectivity index (χ1n) is 4.58. The summed E-state index contributed by atoms with van der Waals surface area (Å²) in [7, 11) is 1.23. The molecule has 0 aliphatic carbocycles. The van der Waals surface area contributed by atoms with E-state index in [0.717, 1.165) is 0 Å². The van der Waals surface area contributed by atoms with Crippen LogP contribution in [-0.2, 0) is 21.3 Å². The highest BCUT2D eigenvalue weighted by molar-refractivity contribution is 9.08. The van der Waals surface area contributed by atoms with E-state index in [1.54, 1.807) is 0 Å². The number of esters is 1. The van der Waals surface area contributed by atoms with Gasteiger partial charge < -0.3 is 4.74 Å². The Morgan fingerprint density at radius 2 is 2.18 bits per heavy atom. The van der Waals surface area contributed by atoms with Crippen LogP contribution in [0.5, 0.6) is 0 Å². The highest BCUT2D eigenvalue weighted by Crippen LogP contribution is 2.29. The number of rotatable bonds is 4. The minimum atomic E-state index is -0.567. The maximum Gasteiger partial charge on any atom is 0.310 e. The molecule has 0 saturated heterocycles. The Morgan fingerprint density at radius 3 is 2.65 bits per heavy atom. The van der Waals surface area contributed by atoms with Crippen LogP contribution in [-0.4, -0.2) is 18.0 Å². The van der Waals surface area contributed by atoms with Crippen molar-refractivity contribution in [2.24, 2.45) is 0 Å². The summed E-state index contributed by atoms with van der Waals surface area (Å²) in [6.07, 6.45) is -0.149. The predicted octanol–water partition coefficient (Wildman–Crippen LogP) is 2.86. The second-order valence-electron chi connectivity index (χ2n) is 3.22. The summed E-state index contributed by atoms with van der Waals surface area (Å²) in [4.78, 5) is 21.4. The molecular formula is C10H9BrClNO4. The van der Waals surface area contributed by atoms with E-state index < -0.39 is 10.9 Å². The molecule has 1 rings (SSSR count). The van der Waals surface area contributed by atoms with Crippen LogP contribution < -0.4 is 0 Å². The number of methoxy groups -OCH3 is 1. The number of hydrogen-bond acceptors (Lipinski definition) is 4. The molecule has 0 fully saturated rings. The van der Waals surface area contributed by atoms with Crippen molar-refractivity contribution < 1.29 is 14.5 Å². The van der Waals surface area contributed by atoms with Crippen LogP contribution in [0, 0.1) is 10.1 Å². The molecule has 1 aromatic carbocycles. The van der Waals surface area contributed by atoms with Gasteiger partial charge in [-0.15, -0.1) is 0 Å². The Morgan fingerprint density at radius 1 is 1.53 bits per heavy atom. The highest BCUT2D eigenvalue weighted by Gasteiger charge is 2.19. The molecule has 0 aliphatic rings. The van der Waals surface area contributed by atoms with Crippen molar-refractivity contribution in [3.8, 4) is 0 Å². The standard InChI is InChI=1S/C10H9BrClNO4/c1-17-10(14)3-6-2-7(5-11)8(12)4-9(6)13(15)16/h2,4H,3,5H2,1H3. The number of benzene rings is 1. The number of carbonyl (C=O) groups excluding carboxylic acids is 1. The smallest absolute Gasteiger partial charge is 0.310 e. The molecule has 5 nitrogen and oxygen atoms in total. The molecule has 0 amide bonds. The number of nitro benzene ring substituents is 1. The van der Waals surface area contributed by atoms with Crippen molar-refractivity contribution >= 4 is 39.2 Å². The molecule has 0 aromatic heterocycles. The summed E-state index contributed by atoms with van der Waals surface area (Å²) in [5.41, 5.74) is 0.807. The first-order chi connectivity index (χ1) is 7.99. The second kappa shape index (κ2) is 5.97. The largest absolute Gasteiger partial charge is 0.469 e. The Balaban J connectivity index is 3.23. The van der Waals surface area contributed by atoms with E-state index in [1.807, 2.05) is 0 Å². The third-order valence-corrected chi connectivity index (χ3v) is 3.11. The molecule has 0 bridgehead atoms. The van der Waals surface area contributed by atoms with Gasteiger partial charge in [-0.2, -0.15) is 0 Å². The molecule has 92 valence electrons. The van der Waals surface area contributed by atoms with Crippen molar-refractivity contribution in [1.29, 1.82) is 0 Å². The van der Waals surface area contributed by atoms with E-state index in [1.165, 1.54) is 19.2 Å². The average molecular weight is 323 g/mol. The van der Waals surface area contributed by atoms with Gasteiger partial charge in [0.15, 0.2) is 0 Å². The zero-order chi connectivity index (χ0) is 13.0. The monoisotopic (exact) mass is 321 g/mol. The molecule has 0 heterocycles. The number of carbonyl (C=O) groups is 1. The van der Waals surface area contributed by atoms with Crippen LogP contribution in [0.3, 0.4) is 0 Å². The molecule has 1 aromatic rings. The third-order valence-electron chi connectivity index (χ3n) is 2.15. The number of ether oxygens (including phenoxy) is 1. The molecule has 0 atom stereocenters. The normalized spacial score (nSPS) is 10.1. The number of hydrogen-bond donors (Lipinski definition) is 0. The quantitative estimate of drug-likeness (QED) is 0.370. The van der Waals surface area contributed by atoms with Crippen LogP contribution in [0.25, 0.3) is 0 Å². The molecule has 0 N–H and O–H groups in total. The first kappa shape index (κ1) is 13.9. The number of nitrogens with zero attached hydrogens (tertiary/aromatic N) is 1. The van der Waals surface area contributed by atoms with Crippen LogP contribution in [0.1, 0.15) is 11.1 Å². The van der Waals surface area contributed by atoms with Gasteiger partial charge in [0.2, 0.25) is 0 Å². The molecule has 0 saturated carbocycles. The van der Waals surface area contributed by atoms with E-state index in [4.69, 9.17) is 11.6 Å². The second-order valence-corrected chi connectivity index (χ2v) is 4.18. The fraction of sp³-hybridized carbons (Fsp3) is 0.300. The lowest BCUT2D eigenvalue weighted by Gasteiger charge is -2.06. The maximum absolute atomic E-state index is 11.2. The van der Waals surface area contributed by atoms with Gasteiger partial charge in [-0.25, -0.2) is 0 Å². The SMILES string of the molecule is COC(=O)Cc1cc(CBr)c(Cl)cc1[N+](=O)[O-]. The summed E-state index contributed by atoms with van der Waals surface area (Å²) in [6, 6.07) is 2.78. The van der Waals surface area contributed by atoms with Gasteiger partial charge >= 0.3 is 5.97 Å². The number of nitro groups is 1. The minimum Gasteiger partial charge on any atom is -0.469 e. The summed E-state index contributed by atoms with van der Waals surface area (Å²) in [5, 5.41) is 11.6. The zero-order valence-corrected chi connectivity index (χ0v) is 11.2. The van der Waals surface area contributed by atoms with Crippen molar-refractivity contribution in [1.82, 2.24) is 0 Å². The van der Waals surface area contributed by atoms with Gasteiger partial charge in [-0.1, -0.05) is 27.5 Å². The van der Waals surface area contributed by atoms with Crippen molar-refractivity contribution in [2.45, 2.75) is 11.8 Å². The van der Waals surface area contributed by atoms with Crippen molar-refractivity contribution in [2.75, 3.05) is 7.11 Å². The van der Waals surface area contributed by atoms with Crippen LogP contribution in [0.2, 0.25) is 5.02 Å². The van der Waals surface area contributed by atoms with E-state index in [2.05, 4.69) is 20.7 Å². The molecular weight excluding hydrogens is 313 g/mol. The van der Waals surface area contributed by atoms with E-state index in [0.29, 0.717) is 21.5 Å². The molecule has 0 spiro atoms. The zero-order valence-electron chi connectivity index (χ0n) is 8.91. The van der Waals surface area contributed by atoms with Gasteiger partial charge in [-0.05, 0) is 11.6 Å². The Labute approximate surface area is 111 Å². The van der Waals surface area contributed by atoms with E-state index >= 15 is 0 Å². The Hall–Kier alpha value is -1.14. The fourth-order valence-electron chi connectivity index (χ4n) is 1.30. The maximum atomic E-state index is 11.2. The molecule has 0 aliphatic heterocycles. The van der Waals surface area contributed by atoms with Crippen LogP contribution in [0.4, 0.5) is 5.69 Å². The third kappa shape index (κ3) is 3.41. The van der Waals surface area contributed by atoms with E-state index in [-0.39, 0.29) is 12.1 Å². The van der Waals surface area contributed by atoms with Crippen LogP contribution >= 0.6 is 27.5 Å². The van der Waals surface area contributed by atoms with Crippen molar-refractivity contribution in [3.05, 3.63) is 38.4 Å². The average Bonchev–Trinajstić information content (AvgIpc) is 2.30. The molecule has 7 heteroatoms. The van der Waals surface area contributed by atoms with Gasteiger partial charge in [-0.3, -0.25) is 14.9 Å². The summed E-state index contributed by atoms with van der Waals surface area (Å²) in [5.74, 6) is -0.532. The summed E-state index contributed by atoms with van der Waals surface area (Å²) >= 11 is 9.08. The summed E-state index contributed by atoms with van der Waals surface area (Å²) in [6.45, 7) is 0. The fourth-order valence-corrected chi connectivity index (χ4v) is 2.15. The van der Waals surface area contributed by atoms with Crippen LogP contribution in [0.15, 0.2) is 12.1 Å². The van der Waals surface area contributed by atoms with Gasteiger partial charge in [0.25, 0.3) is 5.69 Å². The number of alkyl halides is 1. The molecule has 0 radical (unpaired) electrons. The molecule has 17 heavy (non-hydrogen) atoms. The summed E-state index contributed by atoms with van der Waals surface area (Å²) < 4.78 is 4.49. The minimum absolute atomic E-state index is 0.149. The van der Waals surface area contributed by atoms with Gasteiger partial charge in [0.1, 0.15) is 0 Å². The lowest BCUT2D eigenvalue weighted by Crippen LogP contribution is -2.07. The predicted molar refractivity (Wildman–Crippen MR) is 66.5 cm³/mol. The topological polar surface area (TPSA) is 69.4 Å². The van der Waals surface area contributed by atoms with Crippen molar-refractivity contribution in [3.63, 3.8) is 0 Å². The highest BCUT2D eigenvalue weighted by atomic mass is 79.9. The van der Waals surface area contributed by atoms with E-state index in [9.17, 15) is 14.9 Å². The molecule has 0 unspecified atom stereocenters. The number of halogens is 2. The Kier molecular flexibility index (Phi) is 4.89. The first-order valence-corrected chi connectivity index (χ1v) is 6.08.